The Morgan fingerprint density at radius 1 is 1.31 bits per heavy atom. The van der Waals surface area contributed by atoms with Crippen molar-refractivity contribution >= 4 is 11.5 Å². The minimum absolute atomic E-state index is 0.243. The van der Waals surface area contributed by atoms with Crippen molar-refractivity contribution in [2.45, 2.75) is 26.2 Å². The molecule has 2 heteroatoms. The number of carbonyl (C=O) groups excluding carboxylic acids is 1. The molecule has 2 N–H and O–H groups in total. The number of anilines is 1. The van der Waals surface area contributed by atoms with Crippen LogP contribution >= 0.6 is 0 Å². The molecule has 0 spiro atoms. The lowest BCUT2D eigenvalue weighted by Gasteiger charge is -2.16. The molecule has 1 aromatic rings. The van der Waals surface area contributed by atoms with E-state index in [1.54, 1.807) is 0 Å². The van der Waals surface area contributed by atoms with Crippen molar-refractivity contribution in [1.82, 2.24) is 0 Å². The van der Waals surface area contributed by atoms with E-state index in [0.29, 0.717) is 6.42 Å². The Hall–Kier alpha value is -1.31. The van der Waals surface area contributed by atoms with Crippen LogP contribution in [-0.4, -0.2) is 5.78 Å². The maximum absolute atomic E-state index is 11.5. The lowest BCUT2D eigenvalue weighted by atomic mass is 9.89. The number of carbonyl (C=O) groups is 1. The Labute approximate surface area is 77.8 Å². The van der Waals surface area contributed by atoms with E-state index in [2.05, 4.69) is 0 Å². The van der Waals surface area contributed by atoms with Crippen LogP contribution in [-0.2, 0) is 6.42 Å². The second kappa shape index (κ2) is 2.87. The van der Waals surface area contributed by atoms with Crippen molar-refractivity contribution in [2.24, 2.45) is 0 Å². The van der Waals surface area contributed by atoms with Crippen LogP contribution in [0.3, 0.4) is 0 Å². The number of Topliss-reactive ketones (excluding diaryl/α,β-unsaturated/α-hetero) is 1. The molecule has 13 heavy (non-hydrogen) atoms. The van der Waals surface area contributed by atoms with Gasteiger partial charge < -0.3 is 5.73 Å². The summed E-state index contributed by atoms with van der Waals surface area (Å²) in [6, 6.07) is 3.87. The number of ketones is 1. The molecule has 0 amide bonds. The number of nitrogen functional groups attached to an aromatic ring is 1. The standard InChI is InChI=1S/C11H13NO/c1-7-5-8-3-2-4-11(13)9(8)6-10(7)12/h5-6H,2-4,12H2,1H3. The largest absolute Gasteiger partial charge is 0.398 e. The van der Waals surface area contributed by atoms with Crippen molar-refractivity contribution in [3.63, 3.8) is 0 Å². The average molecular weight is 175 g/mol. The van der Waals surface area contributed by atoms with Crippen LogP contribution in [0.15, 0.2) is 12.1 Å². The Balaban J connectivity index is 2.58. The number of benzene rings is 1. The van der Waals surface area contributed by atoms with Gasteiger partial charge in [-0.25, -0.2) is 0 Å². The van der Waals surface area contributed by atoms with Gasteiger partial charge in [0.25, 0.3) is 0 Å². The summed E-state index contributed by atoms with van der Waals surface area (Å²) in [5.74, 6) is 0.243. The van der Waals surface area contributed by atoms with Crippen molar-refractivity contribution in [2.75, 3.05) is 5.73 Å². The number of hydrogen-bond acceptors (Lipinski definition) is 2. The SMILES string of the molecule is Cc1cc2c(cc1N)C(=O)CCC2. The summed E-state index contributed by atoms with van der Waals surface area (Å²) in [6.45, 7) is 1.98. The lowest BCUT2D eigenvalue weighted by Crippen LogP contribution is -2.11. The molecule has 0 aliphatic heterocycles. The zero-order chi connectivity index (χ0) is 9.42. The molecule has 0 fully saturated rings. The fourth-order valence-electron chi connectivity index (χ4n) is 1.82. The Morgan fingerprint density at radius 3 is 2.85 bits per heavy atom. The van der Waals surface area contributed by atoms with Crippen molar-refractivity contribution in [3.05, 3.63) is 28.8 Å². The summed E-state index contributed by atoms with van der Waals surface area (Å²) in [4.78, 5) is 11.5. The monoisotopic (exact) mass is 175 g/mol. The van der Waals surface area contributed by atoms with Crippen LogP contribution in [0, 0.1) is 6.92 Å². The van der Waals surface area contributed by atoms with Crippen LogP contribution in [0.1, 0.15) is 34.3 Å². The number of aryl methyl sites for hydroxylation is 2. The molecule has 0 atom stereocenters. The average Bonchev–Trinajstić information content (AvgIpc) is 2.09. The van der Waals surface area contributed by atoms with Crippen LogP contribution in [0.2, 0.25) is 0 Å². The number of hydrogen-bond donors (Lipinski definition) is 1. The molecule has 1 aromatic carbocycles. The second-order valence-electron chi connectivity index (χ2n) is 3.64. The first-order valence-corrected chi connectivity index (χ1v) is 4.60. The maximum atomic E-state index is 11.5. The van der Waals surface area contributed by atoms with Crippen molar-refractivity contribution in [1.29, 1.82) is 0 Å². The molecule has 1 aliphatic carbocycles. The fourth-order valence-corrected chi connectivity index (χ4v) is 1.82. The van der Waals surface area contributed by atoms with E-state index in [1.165, 1.54) is 5.56 Å². The zero-order valence-electron chi connectivity index (χ0n) is 7.76. The first-order valence-electron chi connectivity index (χ1n) is 4.60. The topological polar surface area (TPSA) is 43.1 Å². The van der Waals surface area contributed by atoms with Gasteiger partial charge >= 0.3 is 0 Å². The minimum atomic E-state index is 0.243. The Morgan fingerprint density at radius 2 is 2.08 bits per heavy atom. The highest BCUT2D eigenvalue weighted by molar-refractivity contribution is 5.99. The van der Waals surface area contributed by atoms with Gasteiger partial charge in [0.05, 0.1) is 0 Å². The smallest absolute Gasteiger partial charge is 0.163 e. The minimum Gasteiger partial charge on any atom is -0.398 e. The molecule has 0 heterocycles. The number of fused-ring (bicyclic) bond motifs is 1. The zero-order valence-corrected chi connectivity index (χ0v) is 7.76. The molecule has 0 unspecified atom stereocenters. The van der Waals surface area contributed by atoms with Gasteiger partial charge in [-0.1, -0.05) is 6.07 Å². The van der Waals surface area contributed by atoms with Crippen molar-refractivity contribution < 1.29 is 4.79 Å². The van der Waals surface area contributed by atoms with Gasteiger partial charge in [0.1, 0.15) is 0 Å². The Bertz CT molecular complexity index is 369. The third kappa shape index (κ3) is 1.32. The van der Waals surface area contributed by atoms with E-state index in [9.17, 15) is 4.79 Å². The molecule has 0 aromatic heterocycles. The molecule has 0 saturated heterocycles. The van der Waals surface area contributed by atoms with Crippen LogP contribution < -0.4 is 5.73 Å². The van der Waals surface area contributed by atoms with Gasteiger partial charge in [0, 0.05) is 17.7 Å². The lowest BCUT2D eigenvalue weighted by molar-refractivity contribution is 0.0972. The van der Waals surface area contributed by atoms with Gasteiger partial charge in [-0.2, -0.15) is 0 Å². The van der Waals surface area contributed by atoms with Crippen LogP contribution in [0.4, 0.5) is 5.69 Å². The highest BCUT2D eigenvalue weighted by Gasteiger charge is 2.17. The molecule has 1 aliphatic rings. The molecule has 0 bridgehead atoms. The summed E-state index contributed by atoms with van der Waals surface area (Å²) in [7, 11) is 0. The van der Waals surface area contributed by atoms with Crippen molar-refractivity contribution in [3.8, 4) is 0 Å². The molecular formula is C11H13NO. The summed E-state index contributed by atoms with van der Waals surface area (Å²) in [5, 5.41) is 0. The summed E-state index contributed by atoms with van der Waals surface area (Å²) >= 11 is 0. The predicted octanol–water partition coefficient (Wildman–Crippen LogP) is 2.10. The Kier molecular flexibility index (Phi) is 1.83. The van der Waals surface area contributed by atoms with E-state index < -0.39 is 0 Å². The molecule has 0 radical (unpaired) electrons. The highest BCUT2D eigenvalue weighted by atomic mass is 16.1. The van der Waals surface area contributed by atoms with E-state index >= 15 is 0 Å². The quantitative estimate of drug-likeness (QED) is 0.613. The summed E-state index contributed by atoms with van der Waals surface area (Å²) < 4.78 is 0. The summed E-state index contributed by atoms with van der Waals surface area (Å²) in [6.07, 6.45) is 2.67. The van der Waals surface area contributed by atoms with Crippen LogP contribution in [0.25, 0.3) is 0 Å². The normalized spacial score (nSPS) is 15.6. The molecule has 0 saturated carbocycles. The first kappa shape index (κ1) is 8.30. The van der Waals surface area contributed by atoms with Gasteiger partial charge in [-0.05, 0) is 37.0 Å². The molecular weight excluding hydrogens is 162 g/mol. The predicted molar refractivity (Wildman–Crippen MR) is 52.9 cm³/mol. The number of rotatable bonds is 0. The molecule has 68 valence electrons. The highest BCUT2D eigenvalue weighted by Crippen LogP contribution is 2.25. The van der Waals surface area contributed by atoms with E-state index in [-0.39, 0.29) is 5.78 Å². The first-order chi connectivity index (χ1) is 6.18. The van der Waals surface area contributed by atoms with E-state index in [1.807, 2.05) is 19.1 Å². The van der Waals surface area contributed by atoms with Gasteiger partial charge in [0.2, 0.25) is 0 Å². The maximum Gasteiger partial charge on any atom is 0.163 e. The van der Waals surface area contributed by atoms with E-state index in [0.717, 1.165) is 29.7 Å². The third-order valence-electron chi connectivity index (χ3n) is 2.64. The fraction of sp³-hybridized carbons (Fsp3) is 0.364. The van der Waals surface area contributed by atoms with Gasteiger partial charge in [-0.3, -0.25) is 4.79 Å². The molecule has 2 nitrogen and oxygen atoms in total. The third-order valence-corrected chi connectivity index (χ3v) is 2.64. The second-order valence-corrected chi connectivity index (χ2v) is 3.64. The summed E-state index contributed by atoms with van der Waals surface area (Å²) in [5.41, 5.74) is 9.57. The van der Waals surface area contributed by atoms with E-state index in [4.69, 9.17) is 5.73 Å². The van der Waals surface area contributed by atoms with Gasteiger partial charge in [0.15, 0.2) is 5.78 Å². The number of nitrogens with two attached hydrogens (primary N) is 1. The van der Waals surface area contributed by atoms with Gasteiger partial charge in [-0.15, -0.1) is 0 Å². The molecule has 2 rings (SSSR count). The van der Waals surface area contributed by atoms with Crippen LogP contribution in [0.5, 0.6) is 0 Å².